The zero-order valence-corrected chi connectivity index (χ0v) is 20.6. The lowest BCUT2D eigenvalue weighted by molar-refractivity contribution is 0.172. The van der Waals surface area contributed by atoms with Crippen LogP contribution in [-0.2, 0) is 24.2 Å². The minimum Gasteiger partial charge on any atom is -0.493 e. The van der Waals surface area contributed by atoms with E-state index in [-0.39, 0.29) is 29.7 Å². The minimum absolute atomic E-state index is 0. The van der Waals surface area contributed by atoms with E-state index in [1.54, 1.807) is 18.8 Å². The maximum Gasteiger partial charge on any atom is 0.345 e. The first-order valence-electron chi connectivity index (χ1n) is 10.6. The smallest absolute Gasteiger partial charge is 0.345 e. The number of hydrogen-bond donors (Lipinski definition) is 2. The summed E-state index contributed by atoms with van der Waals surface area (Å²) in [6.07, 6.45) is 4.69. The first kappa shape index (κ1) is 25.2. The van der Waals surface area contributed by atoms with Gasteiger partial charge in [-0.2, -0.15) is 5.10 Å². The van der Waals surface area contributed by atoms with Crippen LogP contribution in [0, 0.1) is 0 Å². The van der Waals surface area contributed by atoms with Crippen molar-refractivity contribution in [1.82, 2.24) is 19.7 Å². The number of rotatable bonds is 10. The van der Waals surface area contributed by atoms with Crippen molar-refractivity contribution >= 4 is 35.6 Å². The molecule has 2 N–H and O–H groups in total. The normalized spacial score (nSPS) is 13.3. The number of aryl methyl sites for hydroxylation is 2. The van der Waals surface area contributed by atoms with Gasteiger partial charge >= 0.3 is 5.69 Å². The molecule has 0 radical (unpaired) electrons. The molecule has 0 fully saturated rings. The van der Waals surface area contributed by atoms with Gasteiger partial charge in [-0.3, -0.25) is 9.56 Å². The molecule has 1 aliphatic heterocycles. The molecule has 3 rings (SSSR count). The van der Waals surface area contributed by atoms with Gasteiger partial charge in [0.05, 0.1) is 6.61 Å². The van der Waals surface area contributed by atoms with E-state index in [0.29, 0.717) is 32.3 Å². The largest absolute Gasteiger partial charge is 0.493 e. The lowest BCUT2D eigenvalue weighted by atomic mass is 10.2. The Morgan fingerprint density at radius 1 is 1.26 bits per heavy atom. The van der Waals surface area contributed by atoms with E-state index in [2.05, 4.69) is 20.7 Å². The van der Waals surface area contributed by atoms with Gasteiger partial charge in [-0.25, -0.2) is 9.48 Å². The molecule has 1 aromatic carbocycles. The summed E-state index contributed by atoms with van der Waals surface area (Å²) in [7, 11) is 3.42. The number of aliphatic imine (C=N–C) groups is 1. The number of nitrogens with one attached hydrogen (secondary N) is 2. The molecule has 1 aromatic heterocycles. The Hall–Kier alpha value is -2.08. The van der Waals surface area contributed by atoms with Gasteiger partial charge in [-0.15, -0.1) is 24.0 Å². The lowest BCUT2D eigenvalue weighted by Gasteiger charge is -2.13. The van der Waals surface area contributed by atoms with E-state index < -0.39 is 0 Å². The molecule has 0 atom stereocenters. The summed E-state index contributed by atoms with van der Waals surface area (Å²) < 4.78 is 14.2. The van der Waals surface area contributed by atoms with Crippen molar-refractivity contribution < 1.29 is 9.47 Å². The molecule has 10 heteroatoms. The summed E-state index contributed by atoms with van der Waals surface area (Å²) >= 11 is 0. The quantitative estimate of drug-likeness (QED) is 0.207. The summed E-state index contributed by atoms with van der Waals surface area (Å²) in [5, 5.41) is 11.0. The summed E-state index contributed by atoms with van der Waals surface area (Å²) in [6.45, 7) is 3.36. The number of guanidine groups is 1. The van der Waals surface area contributed by atoms with Crippen LogP contribution in [0.15, 0.2) is 34.1 Å². The van der Waals surface area contributed by atoms with E-state index in [0.717, 1.165) is 55.9 Å². The fraction of sp³-hybridized carbons (Fsp3) is 0.571. The molecule has 0 saturated carbocycles. The minimum atomic E-state index is 0. The first-order chi connectivity index (χ1) is 14.7. The van der Waals surface area contributed by atoms with Gasteiger partial charge in [0, 0.05) is 65.0 Å². The van der Waals surface area contributed by atoms with Crippen LogP contribution in [0.25, 0.3) is 0 Å². The number of benzene rings is 1. The van der Waals surface area contributed by atoms with Crippen LogP contribution in [0.5, 0.6) is 5.75 Å². The topological polar surface area (TPSA) is 94.7 Å². The third kappa shape index (κ3) is 7.53. The van der Waals surface area contributed by atoms with E-state index in [4.69, 9.17) is 9.47 Å². The molecular formula is C21H33IN6O3. The van der Waals surface area contributed by atoms with Crippen molar-refractivity contribution in [2.24, 2.45) is 4.99 Å². The van der Waals surface area contributed by atoms with Crippen molar-refractivity contribution in [3.05, 3.63) is 40.6 Å². The molecule has 31 heavy (non-hydrogen) atoms. The van der Waals surface area contributed by atoms with Crippen molar-refractivity contribution in [3.8, 4) is 5.75 Å². The average Bonchev–Trinajstić information content (AvgIpc) is 3.09. The predicted molar refractivity (Wildman–Crippen MR) is 133 cm³/mol. The molecule has 0 spiro atoms. The standard InChI is InChI=1S/C21H32N6O3.HI/c1-22-20(24-17-8-5-9-18(16-17)30-15-7-14-29-2)23-11-6-13-27-21(28)26-12-4-3-10-19(26)25-27;/h5,8-9,16H,3-4,6-7,10-15H2,1-2H3,(H2,22,23,24);1H. The summed E-state index contributed by atoms with van der Waals surface area (Å²) in [5.74, 6) is 2.39. The van der Waals surface area contributed by atoms with Crippen LogP contribution in [0.3, 0.4) is 0 Å². The van der Waals surface area contributed by atoms with Crippen LogP contribution >= 0.6 is 24.0 Å². The number of fused-ring (bicyclic) bond motifs is 1. The molecule has 172 valence electrons. The molecule has 0 unspecified atom stereocenters. The molecule has 0 aliphatic carbocycles. The highest BCUT2D eigenvalue weighted by Gasteiger charge is 2.16. The zero-order chi connectivity index (χ0) is 21.2. The van der Waals surface area contributed by atoms with Gasteiger partial charge in [0.2, 0.25) is 0 Å². The van der Waals surface area contributed by atoms with Crippen molar-refractivity contribution in [2.45, 2.75) is 45.2 Å². The Balaban J connectivity index is 0.00000341. The Labute approximate surface area is 200 Å². The third-order valence-corrected chi connectivity index (χ3v) is 4.95. The van der Waals surface area contributed by atoms with Gasteiger partial charge in [-0.1, -0.05) is 6.07 Å². The molecule has 0 amide bonds. The van der Waals surface area contributed by atoms with Gasteiger partial charge in [0.15, 0.2) is 5.96 Å². The van der Waals surface area contributed by atoms with E-state index >= 15 is 0 Å². The van der Waals surface area contributed by atoms with Gasteiger partial charge in [0.1, 0.15) is 11.6 Å². The molecule has 0 bridgehead atoms. The fourth-order valence-corrected chi connectivity index (χ4v) is 3.40. The summed E-state index contributed by atoms with van der Waals surface area (Å²) in [5.41, 5.74) is 0.903. The Kier molecular flexibility index (Phi) is 10.9. The molecule has 2 heterocycles. The van der Waals surface area contributed by atoms with E-state index in [9.17, 15) is 4.79 Å². The SMILES string of the molecule is CN=C(NCCCn1nc2n(c1=O)CCCC2)Nc1cccc(OCCCOC)c1.I. The average molecular weight is 544 g/mol. The van der Waals surface area contributed by atoms with Crippen molar-refractivity contribution in [2.75, 3.05) is 39.2 Å². The Morgan fingerprint density at radius 3 is 2.90 bits per heavy atom. The highest BCUT2D eigenvalue weighted by molar-refractivity contribution is 14.0. The first-order valence-corrected chi connectivity index (χ1v) is 10.6. The van der Waals surface area contributed by atoms with Gasteiger partial charge in [-0.05, 0) is 31.4 Å². The molecule has 0 saturated heterocycles. The van der Waals surface area contributed by atoms with Crippen LogP contribution in [0.1, 0.15) is 31.5 Å². The number of ether oxygens (including phenoxy) is 2. The molecule has 9 nitrogen and oxygen atoms in total. The summed E-state index contributed by atoms with van der Waals surface area (Å²) in [6, 6.07) is 7.77. The van der Waals surface area contributed by atoms with Crippen molar-refractivity contribution in [3.63, 3.8) is 0 Å². The van der Waals surface area contributed by atoms with Gasteiger partial charge in [0.25, 0.3) is 0 Å². The number of hydrogen-bond acceptors (Lipinski definition) is 5. The second kappa shape index (κ2) is 13.4. The molecular weight excluding hydrogens is 511 g/mol. The highest BCUT2D eigenvalue weighted by Crippen LogP contribution is 2.17. The Morgan fingerprint density at radius 2 is 2.13 bits per heavy atom. The monoisotopic (exact) mass is 544 g/mol. The number of nitrogens with zero attached hydrogens (tertiary/aromatic N) is 4. The van der Waals surface area contributed by atoms with Crippen LogP contribution in [-0.4, -0.2) is 54.2 Å². The summed E-state index contributed by atoms with van der Waals surface area (Å²) in [4.78, 5) is 16.6. The maximum atomic E-state index is 12.4. The lowest BCUT2D eigenvalue weighted by Crippen LogP contribution is -2.33. The molecule has 2 aromatic rings. The fourth-order valence-electron chi connectivity index (χ4n) is 3.40. The number of anilines is 1. The second-order valence-corrected chi connectivity index (χ2v) is 7.23. The Bertz CT molecular complexity index is 895. The number of aromatic nitrogens is 3. The highest BCUT2D eigenvalue weighted by atomic mass is 127. The van der Waals surface area contributed by atoms with Crippen LogP contribution < -0.4 is 21.1 Å². The predicted octanol–water partition coefficient (Wildman–Crippen LogP) is 2.49. The van der Waals surface area contributed by atoms with Crippen LogP contribution in [0.2, 0.25) is 0 Å². The number of halogens is 1. The van der Waals surface area contributed by atoms with E-state index in [1.807, 2.05) is 28.8 Å². The van der Waals surface area contributed by atoms with Crippen LogP contribution in [0.4, 0.5) is 5.69 Å². The zero-order valence-electron chi connectivity index (χ0n) is 18.3. The van der Waals surface area contributed by atoms with E-state index in [1.165, 1.54) is 0 Å². The second-order valence-electron chi connectivity index (χ2n) is 7.23. The maximum absolute atomic E-state index is 12.4. The number of methoxy groups -OCH3 is 1. The van der Waals surface area contributed by atoms with Crippen molar-refractivity contribution in [1.29, 1.82) is 0 Å². The molecule has 1 aliphatic rings. The third-order valence-electron chi connectivity index (χ3n) is 4.95. The van der Waals surface area contributed by atoms with Gasteiger partial charge < -0.3 is 20.1 Å².